The number of hydrogen-bond donors (Lipinski definition) is 4. The second kappa shape index (κ2) is 7.62. The van der Waals surface area contributed by atoms with Crippen LogP contribution in [0.3, 0.4) is 0 Å². The number of carboxylic acid groups (broad SMARTS) is 1. The van der Waals surface area contributed by atoms with Gasteiger partial charge in [-0.05, 0) is 37.1 Å². The Morgan fingerprint density at radius 2 is 1.95 bits per heavy atom. The van der Waals surface area contributed by atoms with E-state index in [2.05, 4.69) is 10.6 Å². The zero-order valence-corrected chi connectivity index (χ0v) is 11.6. The Morgan fingerprint density at radius 1 is 1.25 bits per heavy atom. The molecule has 0 saturated carbocycles. The molecular formula is C14H20N2O4. The minimum absolute atomic E-state index is 0.133. The number of benzene rings is 1. The summed E-state index contributed by atoms with van der Waals surface area (Å²) in [6.07, 6.45) is -0.192. The van der Waals surface area contributed by atoms with Crippen molar-refractivity contribution in [3.05, 3.63) is 29.3 Å². The van der Waals surface area contributed by atoms with Gasteiger partial charge < -0.3 is 20.8 Å². The first-order chi connectivity index (χ1) is 9.43. The van der Waals surface area contributed by atoms with Crippen LogP contribution in [0.1, 0.15) is 17.5 Å². The van der Waals surface area contributed by atoms with E-state index in [1.807, 2.05) is 26.0 Å². The highest BCUT2D eigenvalue weighted by molar-refractivity contribution is 5.94. The smallest absolute Gasteiger partial charge is 0.321 e. The van der Waals surface area contributed by atoms with Crippen molar-refractivity contribution >= 4 is 17.6 Å². The van der Waals surface area contributed by atoms with Crippen LogP contribution < -0.4 is 10.6 Å². The van der Waals surface area contributed by atoms with Gasteiger partial charge in [-0.25, -0.2) is 0 Å². The second-order valence-electron chi connectivity index (χ2n) is 4.62. The van der Waals surface area contributed by atoms with Crippen LogP contribution in [0.15, 0.2) is 18.2 Å². The normalized spacial score (nSPS) is 11.9. The number of carbonyl (C=O) groups is 2. The van der Waals surface area contributed by atoms with Gasteiger partial charge in [0.1, 0.15) is 6.04 Å². The Hall–Kier alpha value is -1.92. The fourth-order valence-corrected chi connectivity index (χ4v) is 1.70. The highest BCUT2D eigenvalue weighted by atomic mass is 16.4. The topological polar surface area (TPSA) is 98.7 Å². The number of aliphatic carboxylic acids is 1. The van der Waals surface area contributed by atoms with E-state index in [0.717, 1.165) is 11.1 Å². The maximum atomic E-state index is 11.8. The SMILES string of the molecule is Cc1ccc(NC(=O)C[C@@H](NCCO)C(=O)O)cc1C. The second-order valence-corrected chi connectivity index (χ2v) is 4.62. The molecule has 1 rings (SSSR count). The number of anilines is 1. The van der Waals surface area contributed by atoms with Gasteiger partial charge in [-0.15, -0.1) is 0 Å². The summed E-state index contributed by atoms with van der Waals surface area (Å²) in [5.74, 6) is -1.50. The number of aryl methyl sites for hydroxylation is 2. The van der Waals surface area contributed by atoms with Crippen molar-refractivity contribution in [3.8, 4) is 0 Å². The van der Waals surface area contributed by atoms with E-state index in [0.29, 0.717) is 5.69 Å². The average Bonchev–Trinajstić information content (AvgIpc) is 2.38. The van der Waals surface area contributed by atoms with Crippen molar-refractivity contribution in [1.82, 2.24) is 5.32 Å². The Kier molecular flexibility index (Phi) is 6.14. The van der Waals surface area contributed by atoms with E-state index in [1.165, 1.54) is 0 Å². The molecule has 0 aliphatic carbocycles. The molecule has 1 aromatic rings. The van der Waals surface area contributed by atoms with Gasteiger partial charge in [-0.1, -0.05) is 6.07 Å². The van der Waals surface area contributed by atoms with Crippen molar-refractivity contribution in [2.75, 3.05) is 18.5 Å². The van der Waals surface area contributed by atoms with E-state index in [-0.39, 0.29) is 25.5 Å². The van der Waals surface area contributed by atoms with Gasteiger partial charge >= 0.3 is 5.97 Å². The van der Waals surface area contributed by atoms with Crippen molar-refractivity contribution in [3.63, 3.8) is 0 Å². The van der Waals surface area contributed by atoms with Gasteiger partial charge in [0.2, 0.25) is 5.91 Å². The molecule has 0 aliphatic heterocycles. The highest BCUT2D eigenvalue weighted by Gasteiger charge is 2.20. The van der Waals surface area contributed by atoms with Gasteiger partial charge in [0.15, 0.2) is 0 Å². The van der Waals surface area contributed by atoms with E-state index >= 15 is 0 Å². The molecule has 0 radical (unpaired) electrons. The lowest BCUT2D eigenvalue weighted by Gasteiger charge is -2.14. The summed E-state index contributed by atoms with van der Waals surface area (Å²) in [5.41, 5.74) is 2.82. The predicted molar refractivity (Wildman–Crippen MR) is 75.7 cm³/mol. The maximum absolute atomic E-state index is 11.8. The van der Waals surface area contributed by atoms with E-state index in [9.17, 15) is 9.59 Å². The third-order valence-electron chi connectivity index (χ3n) is 2.98. The molecule has 20 heavy (non-hydrogen) atoms. The molecule has 6 nitrogen and oxygen atoms in total. The molecule has 6 heteroatoms. The number of rotatable bonds is 7. The fraction of sp³-hybridized carbons (Fsp3) is 0.429. The Bertz CT molecular complexity index is 488. The van der Waals surface area contributed by atoms with Crippen LogP contribution in [0.4, 0.5) is 5.69 Å². The van der Waals surface area contributed by atoms with E-state index in [4.69, 9.17) is 10.2 Å². The Labute approximate surface area is 117 Å². The van der Waals surface area contributed by atoms with Crippen LogP contribution in [-0.2, 0) is 9.59 Å². The lowest BCUT2D eigenvalue weighted by molar-refractivity contribution is -0.141. The number of amides is 1. The molecule has 4 N–H and O–H groups in total. The van der Waals surface area contributed by atoms with Crippen molar-refractivity contribution in [2.45, 2.75) is 26.3 Å². The molecule has 0 saturated heterocycles. The number of carboxylic acids is 1. The summed E-state index contributed by atoms with van der Waals surface area (Å²) in [4.78, 5) is 22.8. The first-order valence-corrected chi connectivity index (χ1v) is 6.38. The molecule has 0 spiro atoms. The molecule has 1 atom stereocenters. The molecule has 0 aromatic heterocycles. The molecule has 0 heterocycles. The summed E-state index contributed by atoms with van der Waals surface area (Å²) < 4.78 is 0. The van der Waals surface area contributed by atoms with Gasteiger partial charge in [0, 0.05) is 12.2 Å². The van der Waals surface area contributed by atoms with Crippen LogP contribution >= 0.6 is 0 Å². The quantitative estimate of drug-likeness (QED) is 0.588. The van der Waals surface area contributed by atoms with Crippen molar-refractivity contribution in [2.24, 2.45) is 0 Å². The summed E-state index contributed by atoms with van der Waals surface area (Å²) in [6, 6.07) is 4.50. The molecule has 110 valence electrons. The number of aliphatic hydroxyl groups excluding tert-OH is 1. The first-order valence-electron chi connectivity index (χ1n) is 6.38. The number of carbonyl (C=O) groups excluding carboxylic acids is 1. The fourth-order valence-electron chi connectivity index (χ4n) is 1.70. The van der Waals surface area contributed by atoms with Gasteiger partial charge in [-0.3, -0.25) is 9.59 Å². The van der Waals surface area contributed by atoms with E-state index in [1.54, 1.807) is 6.07 Å². The Morgan fingerprint density at radius 3 is 2.50 bits per heavy atom. The molecule has 0 unspecified atom stereocenters. The first kappa shape index (κ1) is 16.1. The molecule has 0 aliphatic rings. The lowest BCUT2D eigenvalue weighted by atomic mass is 10.1. The monoisotopic (exact) mass is 280 g/mol. The minimum Gasteiger partial charge on any atom is -0.480 e. The zero-order chi connectivity index (χ0) is 15.1. The molecule has 1 amide bonds. The molecule has 0 fully saturated rings. The van der Waals surface area contributed by atoms with Crippen molar-refractivity contribution in [1.29, 1.82) is 0 Å². The Balaban J connectivity index is 2.60. The zero-order valence-electron chi connectivity index (χ0n) is 11.6. The summed E-state index contributed by atoms with van der Waals surface area (Å²) in [6.45, 7) is 3.87. The number of nitrogens with one attached hydrogen (secondary N) is 2. The van der Waals surface area contributed by atoms with Crippen LogP contribution in [0, 0.1) is 13.8 Å². The largest absolute Gasteiger partial charge is 0.480 e. The van der Waals surface area contributed by atoms with Crippen LogP contribution in [0.2, 0.25) is 0 Å². The van der Waals surface area contributed by atoms with Gasteiger partial charge in [0.05, 0.1) is 13.0 Å². The van der Waals surface area contributed by atoms with Crippen molar-refractivity contribution < 1.29 is 19.8 Å². The molecule has 0 bridgehead atoms. The van der Waals surface area contributed by atoms with E-state index < -0.39 is 12.0 Å². The highest BCUT2D eigenvalue weighted by Crippen LogP contribution is 2.14. The predicted octanol–water partition coefficient (Wildman–Crippen LogP) is 0.667. The summed E-state index contributed by atoms with van der Waals surface area (Å²) >= 11 is 0. The van der Waals surface area contributed by atoms with Crippen LogP contribution in [-0.4, -0.2) is 41.3 Å². The lowest BCUT2D eigenvalue weighted by Crippen LogP contribution is -2.41. The summed E-state index contributed by atoms with van der Waals surface area (Å²) in [7, 11) is 0. The number of aliphatic hydroxyl groups is 1. The third kappa shape index (κ3) is 4.99. The van der Waals surface area contributed by atoms with Gasteiger partial charge in [-0.2, -0.15) is 0 Å². The van der Waals surface area contributed by atoms with Gasteiger partial charge in [0.25, 0.3) is 0 Å². The molecule has 1 aromatic carbocycles. The van der Waals surface area contributed by atoms with Crippen LogP contribution in [0.25, 0.3) is 0 Å². The summed E-state index contributed by atoms with van der Waals surface area (Å²) in [5, 5.41) is 22.9. The van der Waals surface area contributed by atoms with Crippen LogP contribution in [0.5, 0.6) is 0 Å². The standard InChI is InChI=1S/C14H20N2O4/c1-9-3-4-11(7-10(9)2)16-13(18)8-12(14(19)20)15-5-6-17/h3-4,7,12,15,17H,5-6,8H2,1-2H3,(H,16,18)(H,19,20)/t12-/m1/s1. The number of hydrogen-bond acceptors (Lipinski definition) is 4. The minimum atomic E-state index is -1.12. The molecular weight excluding hydrogens is 260 g/mol. The third-order valence-corrected chi connectivity index (χ3v) is 2.98. The maximum Gasteiger partial charge on any atom is 0.321 e. The average molecular weight is 280 g/mol.